The number of aromatic carboxylic acids is 1. The minimum absolute atomic E-state index is 0. The molecule has 0 unspecified atom stereocenters. The molecule has 22 heavy (non-hydrogen) atoms. The molecule has 1 amide bonds. The van der Waals surface area contributed by atoms with E-state index in [0.29, 0.717) is 25.1 Å². The number of ether oxygens (including phenoxy) is 1. The Kier molecular flexibility index (Phi) is 5.92. The van der Waals surface area contributed by atoms with E-state index in [4.69, 9.17) is 9.15 Å². The third-order valence-corrected chi connectivity index (χ3v) is 3.03. The molecule has 1 aliphatic rings. The van der Waals surface area contributed by atoms with Crippen molar-refractivity contribution in [3.05, 3.63) is 29.7 Å². The van der Waals surface area contributed by atoms with Crippen molar-refractivity contribution in [3.63, 3.8) is 0 Å². The van der Waals surface area contributed by atoms with E-state index >= 15 is 0 Å². The van der Waals surface area contributed by atoms with Gasteiger partial charge in [0.05, 0.1) is 6.26 Å². The van der Waals surface area contributed by atoms with E-state index in [1.54, 1.807) is 4.90 Å². The predicted octanol–water partition coefficient (Wildman–Crippen LogP) is -1.33. The molecule has 6 nitrogen and oxygen atoms in total. The topological polar surface area (TPSA) is 82.8 Å². The van der Waals surface area contributed by atoms with Gasteiger partial charge in [0.15, 0.2) is 0 Å². The van der Waals surface area contributed by atoms with E-state index in [-0.39, 0.29) is 30.7 Å². The molecule has 0 bridgehead atoms. The smallest absolute Gasteiger partial charge is 0.542 e. The fourth-order valence-corrected chi connectivity index (χ4v) is 2.04. The molecular weight excluding hydrogens is 281 g/mol. The summed E-state index contributed by atoms with van der Waals surface area (Å²) in [6.07, 6.45) is 3.53. The van der Waals surface area contributed by atoms with Crippen molar-refractivity contribution in [2.45, 2.75) is 32.8 Å². The first kappa shape index (κ1) is 18.4. The summed E-state index contributed by atoms with van der Waals surface area (Å²) in [5.41, 5.74) is 1.14. The molecule has 1 aliphatic heterocycles. The Hall–Kier alpha value is -1.64. The average molecular weight is 299 g/mol. The number of nitrogens with zero attached hydrogens (tertiary/aromatic N) is 1. The number of furan rings is 1. The molecule has 0 spiro atoms. The zero-order chi connectivity index (χ0) is 15.6. The number of hydrogen-bond acceptors (Lipinski definition) is 5. The summed E-state index contributed by atoms with van der Waals surface area (Å²) in [6.45, 7) is 6.41. The summed E-state index contributed by atoms with van der Waals surface area (Å²) in [4.78, 5) is 24.2. The fourth-order valence-electron chi connectivity index (χ4n) is 2.04. The van der Waals surface area contributed by atoms with Crippen LogP contribution < -0.4 is 24.0 Å². The van der Waals surface area contributed by atoms with Gasteiger partial charge < -0.3 is 24.0 Å². The van der Waals surface area contributed by atoms with Crippen LogP contribution in [0, 0.1) is 0 Å². The van der Waals surface area contributed by atoms with Crippen LogP contribution in [0.15, 0.2) is 22.8 Å². The number of carboxylic acid groups (broad SMARTS) is 1. The van der Waals surface area contributed by atoms with Gasteiger partial charge in [0.25, 0.3) is 0 Å². The van der Waals surface area contributed by atoms with Crippen LogP contribution >= 0.6 is 0 Å². The van der Waals surface area contributed by atoms with Gasteiger partial charge >= 0.3 is 25.0 Å². The Balaban J connectivity index is 0.00000242. The van der Waals surface area contributed by atoms with Crippen molar-refractivity contribution in [1.29, 1.82) is 0 Å². The maximum atomic E-state index is 11.9. The van der Waals surface area contributed by atoms with Crippen molar-refractivity contribution in [1.82, 2.24) is 4.90 Å². The molecule has 1 aromatic heterocycles. The van der Waals surface area contributed by atoms with Crippen LogP contribution in [0.3, 0.4) is 0 Å². The third kappa shape index (κ3) is 4.69. The predicted molar refractivity (Wildman–Crippen MR) is 73.4 cm³/mol. The van der Waals surface area contributed by atoms with E-state index in [9.17, 15) is 14.7 Å². The number of carbonyl (C=O) groups is 2. The quantitative estimate of drug-likeness (QED) is 0.632. The van der Waals surface area contributed by atoms with Crippen molar-refractivity contribution in [2.75, 3.05) is 13.1 Å². The summed E-state index contributed by atoms with van der Waals surface area (Å²) >= 11 is 0. The third-order valence-electron chi connectivity index (χ3n) is 3.03. The first-order chi connectivity index (χ1) is 9.76. The maximum Gasteiger partial charge on any atom is 1.00 e. The number of carboxylic acids is 1. The van der Waals surface area contributed by atoms with Crippen LogP contribution in [0.2, 0.25) is 0 Å². The van der Waals surface area contributed by atoms with Gasteiger partial charge in [0.1, 0.15) is 17.3 Å². The van der Waals surface area contributed by atoms with Crippen LogP contribution in [0.25, 0.3) is 5.57 Å². The summed E-state index contributed by atoms with van der Waals surface area (Å²) in [5.74, 6) is -1.53. The Bertz CT molecular complexity index is 585. The zero-order valence-corrected chi connectivity index (χ0v) is 13.3. The van der Waals surface area contributed by atoms with Gasteiger partial charge in [-0.15, -0.1) is 0 Å². The summed E-state index contributed by atoms with van der Waals surface area (Å²) in [7, 11) is 0. The van der Waals surface area contributed by atoms with Gasteiger partial charge in [-0.05, 0) is 38.8 Å². The molecule has 0 aromatic carbocycles. The number of amides is 1. The van der Waals surface area contributed by atoms with Crippen LogP contribution in [-0.4, -0.2) is 35.7 Å². The molecule has 114 valence electrons. The number of hydrogen-bond donors (Lipinski definition) is 0. The van der Waals surface area contributed by atoms with Crippen LogP contribution in [-0.2, 0) is 4.74 Å². The van der Waals surface area contributed by atoms with Crippen molar-refractivity contribution in [2.24, 2.45) is 0 Å². The molecule has 2 heterocycles. The van der Waals surface area contributed by atoms with E-state index in [1.165, 1.54) is 12.3 Å². The second-order valence-electron chi connectivity index (χ2n) is 5.89. The van der Waals surface area contributed by atoms with Gasteiger partial charge in [-0.25, -0.2) is 4.79 Å². The second-order valence-corrected chi connectivity index (χ2v) is 5.89. The van der Waals surface area contributed by atoms with Crippen molar-refractivity contribution >= 4 is 17.6 Å². The van der Waals surface area contributed by atoms with Gasteiger partial charge in [-0.2, -0.15) is 0 Å². The normalized spacial score (nSPS) is 14.9. The van der Waals surface area contributed by atoms with Gasteiger partial charge in [0, 0.05) is 18.7 Å². The zero-order valence-electron chi connectivity index (χ0n) is 13.3. The number of carbonyl (C=O) groups excluding carboxylic acids is 2. The molecule has 0 saturated heterocycles. The van der Waals surface area contributed by atoms with Gasteiger partial charge in [-0.1, -0.05) is 6.08 Å². The largest absolute Gasteiger partial charge is 1.00 e. The maximum absolute atomic E-state index is 11.9. The molecule has 0 N–H and O–H groups in total. The van der Waals surface area contributed by atoms with E-state index in [0.717, 1.165) is 5.57 Å². The van der Waals surface area contributed by atoms with Crippen molar-refractivity contribution in [3.8, 4) is 0 Å². The molecule has 0 radical (unpaired) electrons. The van der Waals surface area contributed by atoms with Gasteiger partial charge in [0.2, 0.25) is 0 Å². The Morgan fingerprint density at radius 2 is 2.05 bits per heavy atom. The van der Waals surface area contributed by atoms with Crippen LogP contribution in [0.4, 0.5) is 4.79 Å². The minimum Gasteiger partial charge on any atom is -0.542 e. The van der Waals surface area contributed by atoms with Crippen molar-refractivity contribution < 1.29 is 42.7 Å². The Morgan fingerprint density at radius 1 is 1.36 bits per heavy atom. The fraction of sp³-hybridized carbons (Fsp3) is 0.467. The Morgan fingerprint density at radius 3 is 2.50 bits per heavy atom. The van der Waals surface area contributed by atoms with E-state index < -0.39 is 11.6 Å². The average Bonchev–Trinajstić information content (AvgIpc) is 2.86. The first-order valence-electron chi connectivity index (χ1n) is 6.73. The van der Waals surface area contributed by atoms with Crippen LogP contribution in [0.1, 0.15) is 43.3 Å². The summed E-state index contributed by atoms with van der Waals surface area (Å²) in [5, 5.41) is 10.7. The SMILES string of the molecule is CC(C)(C)OC(=O)N1CC=C(c2coc(C(=O)[O-])c2)CC1.[Li+]. The molecule has 0 saturated carbocycles. The first-order valence-corrected chi connectivity index (χ1v) is 6.73. The molecule has 0 fully saturated rings. The minimum atomic E-state index is -1.34. The molecule has 0 atom stereocenters. The molecule has 0 aliphatic carbocycles. The van der Waals surface area contributed by atoms with Gasteiger partial charge in [-0.3, -0.25) is 0 Å². The molecular formula is C15H18LiNO5. The number of rotatable bonds is 2. The molecule has 7 heteroatoms. The standard InChI is InChI=1S/C15H19NO5.Li/c1-15(2,3)21-14(19)16-6-4-10(5-7-16)11-8-12(13(17)18)20-9-11;/h4,8-9H,5-7H2,1-3H3,(H,17,18);/q;+1/p-1. The van der Waals surface area contributed by atoms with Crippen LogP contribution in [0.5, 0.6) is 0 Å². The van der Waals surface area contributed by atoms with E-state index in [1.807, 2.05) is 26.8 Å². The monoisotopic (exact) mass is 299 g/mol. The van der Waals surface area contributed by atoms with E-state index in [2.05, 4.69) is 0 Å². The molecule has 1 aromatic rings. The molecule has 2 rings (SSSR count). The summed E-state index contributed by atoms with van der Waals surface area (Å²) < 4.78 is 10.2. The second kappa shape index (κ2) is 7.08. The summed E-state index contributed by atoms with van der Waals surface area (Å²) in [6, 6.07) is 1.43. The Labute approximate surface area is 141 Å².